The molecule has 30 heavy (non-hydrogen) atoms. The fraction of sp³-hybridized carbons (Fsp3) is 0.261. The Labute approximate surface area is 175 Å². The average Bonchev–Trinajstić information content (AvgIpc) is 3.42. The van der Waals surface area contributed by atoms with E-state index in [1.54, 1.807) is 11.2 Å². The Hall–Kier alpha value is -3.45. The number of fused-ring (bicyclic) bond motifs is 1. The molecule has 1 unspecified atom stereocenters. The monoisotopic (exact) mass is 403 g/mol. The van der Waals surface area contributed by atoms with Gasteiger partial charge in [-0.3, -0.25) is 9.69 Å². The number of nitrogens with zero attached hydrogens (tertiary/aromatic N) is 5. The minimum atomic E-state index is -0.0972. The number of amides is 1. The van der Waals surface area contributed by atoms with Gasteiger partial charge in [-0.25, -0.2) is 4.98 Å². The largest absolute Gasteiger partial charge is 0.364 e. The fourth-order valence-electron chi connectivity index (χ4n) is 3.52. The van der Waals surface area contributed by atoms with Crippen molar-refractivity contribution in [3.05, 3.63) is 89.7 Å². The average molecular weight is 403 g/mol. The van der Waals surface area contributed by atoms with E-state index in [9.17, 15) is 4.79 Å². The van der Waals surface area contributed by atoms with Crippen molar-refractivity contribution in [3.8, 4) is 0 Å². The Balaban J connectivity index is 1.63. The SMILES string of the molecule is CC(c1ccon1)N(C)Cc1c(C(=O)N(C)Cc2ccccc2)nc2ccccn12. The number of rotatable bonds is 7. The van der Waals surface area contributed by atoms with Crippen molar-refractivity contribution in [2.24, 2.45) is 0 Å². The molecule has 0 aliphatic heterocycles. The van der Waals surface area contributed by atoms with Crippen LogP contribution in [0.3, 0.4) is 0 Å². The molecule has 0 saturated carbocycles. The first-order chi connectivity index (χ1) is 14.5. The minimum absolute atomic E-state index is 0.0306. The number of carbonyl (C=O) groups is 1. The molecule has 3 heterocycles. The summed E-state index contributed by atoms with van der Waals surface area (Å²) in [5, 5.41) is 4.05. The number of imidazole rings is 1. The Morgan fingerprint density at radius 1 is 1.07 bits per heavy atom. The topological polar surface area (TPSA) is 66.9 Å². The zero-order valence-electron chi connectivity index (χ0n) is 17.4. The lowest BCUT2D eigenvalue weighted by Gasteiger charge is -2.23. The molecule has 3 aromatic heterocycles. The van der Waals surface area contributed by atoms with Crippen molar-refractivity contribution in [1.29, 1.82) is 0 Å². The van der Waals surface area contributed by atoms with Crippen LogP contribution in [0.5, 0.6) is 0 Å². The van der Waals surface area contributed by atoms with Gasteiger partial charge in [-0.15, -0.1) is 0 Å². The number of hydrogen-bond donors (Lipinski definition) is 0. The Morgan fingerprint density at radius 2 is 1.83 bits per heavy atom. The molecular weight excluding hydrogens is 378 g/mol. The summed E-state index contributed by atoms with van der Waals surface area (Å²) in [6.07, 6.45) is 3.52. The molecule has 1 aromatic carbocycles. The quantitative estimate of drug-likeness (QED) is 0.470. The number of carbonyl (C=O) groups excluding carboxylic acids is 1. The highest BCUT2D eigenvalue weighted by Gasteiger charge is 2.25. The summed E-state index contributed by atoms with van der Waals surface area (Å²) in [5.74, 6) is -0.0972. The van der Waals surface area contributed by atoms with Crippen LogP contribution in [-0.2, 0) is 13.1 Å². The van der Waals surface area contributed by atoms with E-state index < -0.39 is 0 Å². The lowest BCUT2D eigenvalue weighted by Crippen LogP contribution is -2.29. The smallest absolute Gasteiger partial charge is 0.274 e. The summed E-state index contributed by atoms with van der Waals surface area (Å²) in [7, 11) is 3.81. The van der Waals surface area contributed by atoms with Crippen LogP contribution >= 0.6 is 0 Å². The third kappa shape index (κ3) is 3.97. The minimum Gasteiger partial charge on any atom is -0.364 e. The van der Waals surface area contributed by atoms with Crippen LogP contribution in [0, 0.1) is 0 Å². The molecule has 0 radical (unpaired) electrons. The molecule has 0 bridgehead atoms. The van der Waals surface area contributed by atoms with Crippen LogP contribution in [0.1, 0.15) is 40.4 Å². The van der Waals surface area contributed by atoms with Crippen molar-refractivity contribution in [2.75, 3.05) is 14.1 Å². The Kier molecular flexibility index (Phi) is 5.63. The summed E-state index contributed by atoms with van der Waals surface area (Å²) in [5.41, 5.74) is 4.01. The number of pyridine rings is 1. The molecule has 4 aromatic rings. The van der Waals surface area contributed by atoms with E-state index in [0.29, 0.717) is 18.8 Å². The lowest BCUT2D eigenvalue weighted by atomic mass is 10.2. The molecule has 7 heteroatoms. The first-order valence-electron chi connectivity index (χ1n) is 9.90. The fourth-order valence-corrected chi connectivity index (χ4v) is 3.52. The van der Waals surface area contributed by atoms with Gasteiger partial charge in [-0.1, -0.05) is 41.6 Å². The molecule has 0 N–H and O–H groups in total. The van der Waals surface area contributed by atoms with E-state index >= 15 is 0 Å². The predicted octanol–water partition coefficient (Wildman–Crippen LogP) is 3.79. The van der Waals surface area contributed by atoms with E-state index in [0.717, 1.165) is 22.6 Å². The van der Waals surface area contributed by atoms with Crippen LogP contribution in [0.15, 0.2) is 71.6 Å². The molecule has 0 aliphatic carbocycles. The second kappa shape index (κ2) is 8.51. The summed E-state index contributed by atoms with van der Waals surface area (Å²) < 4.78 is 6.97. The standard InChI is InChI=1S/C23H25N5O2/c1-17(19-12-14-30-25-19)26(2)16-20-22(24-21-11-7-8-13-28(20)21)23(29)27(3)15-18-9-5-4-6-10-18/h4-14,17H,15-16H2,1-3H3. The van der Waals surface area contributed by atoms with Crippen molar-refractivity contribution in [2.45, 2.75) is 26.1 Å². The summed E-state index contributed by atoms with van der Waals surface area (Å²) in [6.45, 7) is 3.13. The highest BCUT2D eigenvalue weighted by atomic mass is 16.5. The summed E-state index contributed by atoms with van der Waals surface area (Å²) >= 11 is 0. The van der Waals surface area contributed by atoms with Crippen LogP contribution in [0.4, 0.5) is 0 Å². The van der Waals surface area contributed by atoms with Crippen molar-refractivity contribution < 1.29 is 9.32 Å². The van der Waals surface area contributed by atoms with Gasteiger partial charge in [0.2, 0.25) is 0 Å². The second-order valence-electron chi connectivity index (χ2n) is 7.50. The second-order valence-corrected chi connectivity index (χ2v) is 7.50. The van der Waals surface area contributed by atoms with E-state index in [-0.39, 0.29) is 11.9 Å². The molecule has 154 valence electrons. The van der Waals surface area contributed by atoms with Gasteiger partial charge in [0.15, 0.2) is 5.69 Å². The molecule has 1 atom stereocenters. The van der Waals surface area contributed by atoms with Gasteiger partial charge in [0, 0.05) is 32.4 Å². The molecule has 0 saturated heterocycles. The lowest BCUT2D eigenvalue weighted by molar-refractivity contribution is 0.0777. The Morgan fingerprint density at radius 3 is 2.57 bits per heavy atom. The Bertz CT molecular complexity index is 1120. The van der Waals surface area contributed by atoms with Gasteiger partial charge in [0.25, 0.3) is 5.91 Å². The maximum absolute atomic E-state index is 13.3. The molecule has 4 rings (SSSR count). The third-order valence-corrected chi connectivity index (χ3v) is 5.39. The van der Waals surface area contributed by atoms with Gasteiger partial charge in [0.1, 0.15) is 17.6 Å². The highest BCUT2D eigenvalue weighted by molar-refractivity contribution is 5.94. The maximum atomic E-state index is 13.3. The summed E-state index contributed by atoms with van der Waals surface area (Å²) in [6, 6.07) is 17.6. The molecule has 0 fully saturated rings. The van der Waals surface area contributed by atoms with Crippen LogP contribution in [0.25, 0.3) is 5.65 Å². The van der Waals surface area contributed by atoms with Crippen molar-refractivity contribution in [1.82, 2.24) is 24.3 Å². The molecule has 7 nitrogen and oxygen atoms in total. The predicted molar refractivity (Wildman–Crippen MR) is 114 cm³/mol. The van der Waals surface area contributed by atoms with Crippen molar-refractivity contribution >= 4 is 11.6 Å². The van der Waals surface area contributed by atoms with E-state index in [4.69, 9.17) is 4.52 Å². The molecular formula is C23H25N5O2. The van der Waals surface area contributed by atoms with Crippen molar-refractivity contribution in [3.63, 3.8) is 0 Å². The molecule has 0 spiro atoms. The number of benzene rings is 1. The van der Waals surface area contributed by atoms with E-state index in [1.165, 1.54) is 0 Å². The molecule has 1 amide bonds. The number of hydrogen-bond acceptors (Lipinski definition) is 5. The molecule has 0 aliphatic rings. The normalized spacial score (nSPS) is 12.4. The number of aromatic nitrogens is 3. The zero-order chi connectivity index (χ0) is 21.1. The van der Waals surface area contributed by atoms with E-state index in [2.05, 4.69) is 22.0 Å². The van der Waals surface area contributed by atoms with Gasteiger partial charge >= 0.3 is 0 Å². The van der Waals surface area contributed by atoms with Gasteiger partial charge < -0.3 is 13.8 Å². The van der Waals surface area contributed by atoms with Gasteiger partial charge in [-0.05, 0) is 31.7 Å². The first-order valence-corrected chi connectivity index (χ1v) is 9.90. The first kappa shape index (κ1) is 19.8. The maximum Gasteiger partial charge on any atom is 0.274 e. The summed E-state index contributed by atoms with van der Waals surface area (Å²) in [4.78, 5) is 21.8. The van der Waals surface area contributed by atoms with Gasteiger partial charge in [-0.2, -0.15) is 0 Å². The van der Waals surface area contributed by atoms with Crippen LogP contribution in [0.2, 0.25) is 0 Å². The third-order valence-electron chi connectivity index (χ3n) is 5.39. The van der Waals surface area contributed by atoms with Gasteiger partial charge in [0.05, 0.1) is 11.7 Å². The highest BCUT2D eigenvalue weighted by Crippen LogP contribution is 2.22. The zero-order valence-corrected chi connectivity index (χ0v) is 17.4. The van der Waals surface area contributed by atoms with Crippen LogP contribution in [-0.4, -0.2) is 44.3 Å². The van der Waals surface area contributed by atoms with Crippen LogP contribution < -0.4 is 0 Å². The van der Waals surface area contributed by atoms with E-state index in [1.807, 2.05) is 79.3 Å².